The molecule has 2 aliphatic heterocycles. The minimum absolute atomic E-state index is 0.0631. The molecule has 7 nitrogen and oxygen atoms in total. The van der Waals surface area contributed by atoms with Crippen LogP contribution in [0.1, 0.15) is 33.1 Å². The van der Waals surface area contributed by atoms with E-state index in [9.17, 15) is 9.59 Å². The zero-order valence-electron chi connectivity index (χ0n) is 15.0. The molecule has 1 N–H and O–H groups in total. The Balaban J connectivity index is 1.61. The zero-order chi connectivity index (χ0) is 17.8. The van der Waals surface area contributed by atoms with Crippen LogP contribution in [0.4, 0.5) is 5.82 Å². The molecule has 3 heterocycles. The summed E-state index contributed by atoms with van der Waals surface area (Å²) >= 11 is 0. The predicted molar refractivity (Wildman–Crippen MR) is 94.9 cm³/mol. The molecule has 1 aromatic heterocycles. The van der Waals surface area contributed by atoms with Crippen LogP contribution in [-0.4, -0.2) is 59.1 Å². The van der Waals surface area contributed by atoms with Gasteiger partial charge in [-0.3, -0.25) is 9.59 Å². The van der Waals surface area contributed by atoms with Gasteiger partial charge in [0.05, 0.1) is 12.6 Å². The lowest BCUT2D eigenvalue weighted by Gasteiger charge is -2.28. The molecule has 0 spiro atoms. The minimum atomic E-state index is -0.0631. The van der Waals surface area contributed by atoms with Crippen LogP contribution >= 0.6 is 0 Å². The van der Waals surface area contributed by atoms with Gasteiger partial charge in [-0.2, -0.15) is 5.10 Å². The van der Waals surface area contributed by atoms with E-state index >= 15 is 0 Å². The fraction of sp³-hybridized carbons (Fsp3) is 0.667. The third kappa shape index (κ3) is 4.27. The molecule has 136 valence electrons. The molecular weight excluding hydrogens is 318 g/mol. The Morgan fingerprint density at radius 2 is 2.20 bits per heavy atom. The van der Waals surface area contributed by atoms with Crippen molar-refractivity contribution < 1.29 is 9.59 Å². The summed E-state index contributed by atoms with van der Waals surface area (Å²) in [7, 11) is 0. The Morgan fingerprint density at radius 3 is 2.88 bits per heavy atom. The fourth-order valence-corrected chi connectivity index (χ4v) is 3.76. The Bertz CT molecular complexity index is 607. The van der Waals surface area contributed by atoms with Crippen LogP contribution in [-0.2, 0) is 9.59 Å². The molecule has 0 bridgehead atoms. The number of rotatable bonds is 5. The van der Waals surface area contributed by atoms with E-state index in [1.54, 1.807) is 11.1 Å². The molecule has 0 aliphatic carbocycles. The van der Waals surface area contributed by atoms with Crippen molar-refractivity contribution in [1.29, 1.82) is 0 Å². The number of nitrogens with one attached hydrogen (secondary N) is 1. The first-order chi connectivity index (χ1) is 12.0. The average Bonchev–Trinajstić information content (AvgIpc) is 3.02. The van der Waals surface area contributed by atoms with Gasteiger partial charge in [0, 0.05) is 38.2 Å². The molecule has 3 rings (SSSR count). The second kappa shape index (κ2) is 7.80. The van der Waals surface area contributed by atoms with Gasteiger partial charge in [0.15, 0.2) is 5.82 Å². The van der Waals surface area contributed by atoms with E-state index < -0.39 is 0 Å². The Kier molecular flexibility index (Phi) is 5.50. The number of nitrogens with zero attached hydrogens (tertiary/aromatic N) is 4. The Labute approximate surface area is 148 Å². The highest BCUT2D eigenvalue weighted by Gasteiger charge is 2.36. The lowest BCUT2D eigenvalue weighted by atomic mass is 9.91. The minimum Gasteiger partial charge on any atom is -0.353 e. The quantitative estimate of drug-likeness (QED) is 0.863. The van der Waals surface area contributed by atoms with Crippen molar-refractivity contribution in [3.05, 3.63) is 18.3 Å². The van der Waals surface area contributed by atoms with Crippen molar-refractivity contribution in [2.45, 2.75) is 39.2 Å². The van der Waals surface area contributed by atoms with Crippen LogP contribution in [0.25, 0.3) is 0 Å². The first-order valence-corrected chi connectivity index (χ1v) is 9.14. The zero-order valence-corrected chi connectivity index (χ0v) is 15.0. The number of hydrogen-bond donors (Lipinski definition) is 1. The summed E-state index contributed by atoms with van der Waals surface area (Å²) in [6, 6.07) is 3.89. The molecule has 2 aliphatic rings. The molecular formula is C18H27N5O2. The van der Waals surface area contributed by atoms with Gasteiger partial charge in [0.1, 0.15) is 0 Å². The van der Waals surface area contributed by atoms with Gasteiger partial charge >= 0.3 is 0 Å². The van der Waals surface area contributed by atoms with Crippen LogP contribution in [0, 0.1) is 11.8 Å². The monoisotopic (exact) mass is 345 g/mol. The summed E-state index contributed by atoms with van der Waals surface area (Å²) in [5, 5.41) is 11.3. The van der Waals surface area contributed by atoms with E-state index in [0.29, 0.717) is 24.8 Å². The maximum atomic E-state index is 12.5. The second-order valence-corrected chi connectivity index (χ2v) is 7.34. The highest BCUT2D eigenvalue weighted by atomic mass is 16.2. The van der Waals surface area contributed by atoms with Crippen LogP contribution in [0.2, 0.25) is 0 Å². The smallest absolute Gasteiger partial charge is 0.239 e. The molecule has 2 fully saturated rings. The summed E-state index contributed by atoms with van der Waals surface area (Å²) < 4.78 is 0. The molecule has 2 atom stereocenters. The van der Waals surface area contributed by atoms with Gasteiger partial charge in [-0.1, -0.05) is 13.8 Å². The largest absolute Gasteiger partial charge is 0.353 e. The van der Waals surface area contributed by atoms with Crippen molar-refractivity contribution in [2.75, 3.05) is 31.1 Å². The molecule has 1 aromatic rings. The van der Waals surface area contributed by atoms with E-state index in [2.05, 4.69) is 34.3 Å². The normalized spacial score (nSPS) is 24.0. The van der Waals surface area contributed by atoms with Gasteiger partial charge < -0.3 is 15.1 Å². The fourth-order valence-electron chi connectivity index (χ4n) is 3.76. The summed E-state index contributed by atoms with van der Waals surface area (Å²) in [5.74, 6) is 1.67. The number of aromatic nitrogens is 2. The number of carbonyl (C=O) groups excluding carboxylic acids is 2. The Morgan fingerprint density at radius 1 is 1.36 bits per heavy atom. The van der Waals surface area contributed by atoms with Gasteiger partial charge in [-0.15, -0.1) is 5.10 Å². The molecule has 0 aromatic carbocycles. The molecule has 0 saturated carbocycles. The molecule has 0 unspecified atom stereocenters. The third-order valence-electron chi connectivity index (χ3n) is 5.21. The van der Waals surface area contributed by atoms with Crippen LogP contribution in [0.5, 0.6) is 0 Å². The van der Waals surface area contributed by atoms with E-state index in [0.717, 1.165) is 31.7 Å². The molecule has 25 heavy (non-hydrogen) atoms. The molecule has 2 amide bonds. The van der Waals surface area contributed by atoms with Gasteiger partial charge in [-0.25, -0.2) is 0 Å². The molecule has 0 radical (unpaired) electrons. The highest BCUT2D eigenvalue weighted by molar-refractivity contribution is 5.85. The van der Waals surface area contributed by atoms with Crippen LogP contribution in [0.15, 0.2) is 18.3 Å². The van der Waals surface area contributed by atoms with Crippen molar-refractivity contribution in [2.24, 2.45) is 11.8 Å². The number of piperidine rings is 1. The standard InChI is InChI=1S/C18H27N5O2/c1-13(2)14-10-23(16-6-5-8-19-21-16)11-15(14)20-17(24)12-22-9-4-3-7-18(22)25/h5-6,8,13-15H,3-4,7,9-12H2,1-2H3,(H,20,24)/t14-,15+/m1/s1. The van der Waals surface area contributed by atoms with E-state index in [1.165, 1.54) is 0 Å². The topological polar surface area (TPSA) is 78.4 Å². The maximum absolute atomic E-state index is 12.5. The summed E-state index contributed by atoms with van der Waals surface area (Å²) in [6.45, 7) is 6.79. The third-order valence-corrected chi connectivity index (χ3v) is 5.21. The van der Waals surface area contributed by atoms with E-state index in [4.69, 9.17) is 0 Å². The number of likely N-dealkylation sites (tertiary alicyclic amines) is 1. The Hall–Kier alpha value is -2.18. The van der Waals surface area contributed by atoms with Gasteiger partial charge in [-0.05, 0) is 30.9 Å². The first-order valence-electron chi connectivity index (χ1n) is 9.14. The van der Waals surface area contributed by atoms with Crippen molar-refractivity contribution in [3.63, 3.8) is 0 Å². The predicted octanol–water partition coefficient (Wildman–Crippen LogP) is 1.07. The van der Waals surface area contributed by atoms with Crippen LogP contribution in [0.3, 0.4) is 0 Å². The van der Waals surface area contributed by atoms with Gasteiger partial charge in [0.25, 0.3) is 0 Å². The highest BCUT2D eigenvalue weighted by Crippen LogP contribution is 2.27. The van der Waals surface area contributed by atoms with Crippen molar-refractivity contribution >= 4 is 17.6 Å². The lowest BCUT2D eigenvalue weighted by molar-refractivity contribution is -0.138. The molecule has 7 heteroatoms. The van der Waals surface area contributed by atoms with E-state index in [1.807, 2.05) is 12.1 Å². The summed E-state index contributed by atoms with van der Waals surface area (Å²) in [6.07, 6.45) is 4.14. The number of anilines is 1. The van der Waals surface area contributed by atoms with Gasteiger partial charge in [0.2, 0.25) is 11.8 Å². The summed E-state index contributed by atoms with van der Waals surface area (Å²) in [4.78, 5) is 28.2. The first kappa shape index (κ1) is 17.6. The van der Waals surface area contributed by atoms with E-state index in [-0.39, 0.29) is 24.4 Å². The molecule has 2 saturated heterocycles. The number of hydrogen-bond acceptors (Lipinski definition) is 5. The number of amides is 2. The summed E-state index contributed by atoms with van der Waals surface area (Å²) in [5.41, 5.74) is 0. The SMILES string of the molecule is CC(C)[C@H]1CN(c2cccnn2)C[C@@H]1NC(=O)CN1CCCCC1=O. The second-order valence-electron chi connectivity index (χ2n) is 7.34. The van der Waals surface area contributed by atoms with Crippen LogP contribution < -0.4 is 10.2 Å². The average molecular weight is 345 g/mol. The lowest BCUT2D eigenvalue weighted by Crippen LogP contribution is -2.48. The maximum Gasteiger partial charge on any atom is 0.239 e. The van der Waals surface area contributed by atoms with Crippen molar-refractivity contribution in [1.82, 2.24) is 20.4 Å². The number of carbonyl (C=O) groups is 2. The van der Waals surface area contributed by atoms with Crippen molar-refractivity contribution in [3.8, 4) is 0 Å².